The molecular formula is C23H37N4O3P. The highest BCUT2D eigenvalue weighted by molar-refractivity contribution is 7.58. The maximum absolute atomic E-state index is 12.6. The lowest BCUT2D eigenvalue weighted by Crippen LogP contribution is -2.34. The van der Waals surface area contributed by atoms with Crippen LogP contribution in [-0.4, -0.2) is 43.7 Å². The summed E-state index contributed by atoms with van der Waals surface area (Å²) in [5, 5.41) is 15.3. The molecule has 0 radical (unpaired) electrons. The number of amides is 1. The zero-order valence-corrected chi connectivity index (χ0v) is 20.7. The SMILES string of the molecule is CC=c1nc(NC(=O)PCCCCC)c2nc(COCC)n(CC(C)(C)O)c2c1=CC. The smallest absolute Gasteiger partial charge is 0.243 e. The summed E-state index contributed by atoms with van der Waals surface area (Å²) in [6.45, 7) is 12.8. The van der Waals surface area contributed by atoms with Crippen LogP contribution in [-0.2, 0) is 17.9 Å². The third kappa shape index (κ3) is 6.83. The average Bonchev–Trinajstić information content (AvgIpc) is 3.06. The molecule has 0 aliphatic carbocycles. The summed E-state index contributed by atoms with van der Waals surface area (Å²) in [6.07, 6.45) is 8.15. The van der Waals surface area contributed by atoms with Gasteiger partial charge in [0.05, 0.1) is 23.0 Å². The maximum Gasteiger partial charge on any atom is 0.243 e. The number of aromatic nitrogens is 3. The quantitative estimate of drug-likeness (QED) is 0.404. The number of imidazole rings is 1. The number of fused-ring (bicyclic) bond motifs is 1. The van der Waals surface area contributed by atoms with Gasteiger partial charge in [0.25, 0.3) is 0 Å². The summed E-state index contributed by atoms with van der Waals surface area (Å²) in [4.78, 5) is 22.1. The summed E-state index contributed by atoms with van der Waals surface area (Å²) in [6, 6.07) is 0. The molecule has 0 aromatic carbocycles. The lowest BCUT2D eigenvalue weighted by atomic mass is 10.1. The number of nitrogens with zero attached hydrogens (tertiary/aromatic N) is 3. The van der Waals surface area contributed by atoms with Crippen LogP contribution in [0, 0.1) is 0 Å². The van der Waals surface area contributed by atoms with Crippen LogP contribution in [0.25, 0.3) is 23.2 Å². The lowest BCUT2D eigenvalue weighted by molar-refractivity contribution is 0.0581. The number of anilines is 1. The van der Waals surface area contributed by atoms with Gasteiger partial charge in [0, 0.05) is 11.8 Å². The van der Waals surface area contributed by atoms with Crippen molar-refractivity contribution in [1.29, 1.82) is 0 Å². The van der Waals surface area contributed by atoms with Gasteiger partial charge in [-0.15, -0.1) is 0 Å². The molecule has 1 unspecified atom stereocenters. The Morgan fingerprint density at radius 1 is 1.23 bits per heavy atom. The molecule has 7 nitrogen and oxygen atoms in total. The minimum atomic E-state index is -0.941. The summed E-state index contributed by atoms with van der Waals surface area (Å²) < 4.78 is 7.64. The Labute approximate surface area is 186 Å². The van der Waals surface area contributed by atoms with E-state index in [4.69, 9.17) is 14.7 Å². The fourth-order valence-corrected chi connectivity index (χ4v) is 4.33. The van der Waals surface area contributed by atoms with Gasteiger partial charge in [-0.1, -0.05) is 31.9 Å². The number of nitrogens with one attached hydrogen (secondary N) is 1. The monoisotopic (exact) mass is 448 g/mol. The molecule has 0 spiro atoms. The van der Waals surface area contributed by atoms with Gasteiger partial charge in [-0.05, 0) is 55.8 Å². The first-order chi connectivity index (χ1) is 14.8. The van der Waals surface area contributed by atoms with Crippen LogP contribution in [0.15, 0.2) is 0 Å². The zero-order valence-electron chi connectivity index (χ0n) is 19.7. The van der Waals surface area contributed by atoms with Gasteiger partial charge in [0.15, 0.2) is 5.82 Å². The Morgan fingerprint density at radius 2 is 1.97 bits per heavy atom. The van der Waals surface area contributed by atoms with Gasteiger partial charge in [-0.2, -0.15) is 0 Å². The zero-order chi connectivity index (χ0) is 23.0. The van der Waals surface area contributed by atoms with E-state index in [1.165, 1.54) is 0 Å². The summed E-state index contributed by atoms with van der Waals surface area (Å²) in [7, 11) is 0.196. The van der Waals surface area contributed by atoms with E-state index >= 15 is 0 Å². The number of carbonyl (C=O) groups excluding carboxylic acids is 1. The number of hydrogen-bond donors (Lipinski definition) is 2. The van der Waals surface area contributed by atoms with Crippen molar-refractivity contribution in [2.45, 2.75) is 79.6 Å². The fraction of sp³-hybridized carbons (Fsp3) is 0.609. The van der Waals surface area contributed by atoms with Crippen molar-refractivity contribution in [3.8, 4) is 0 Å². The molecular weight excluding hydrogens is 411 g/mol. The van der Waals surface area contributed by atoms with E-state index in [1.807, 2.05) is 37.5 Å². The van der Waals surface area contributed by atoms with E-state index < -0.39 is 5.60 Å². The second-order valence-electron chi connectivity index (χ2n) is 8.19. The van der Waals surface area contributed by atoms with E-state index in [0.717, 1.165) is 41.5 Å². The van der Waals surface area contributed by atoms with Gasteiger partial charge in [0.1, 0.15) is 17.9 Å². The van der Waals surface area contributed by atoms with Crippen molar-refractivity contribution < 1.29 is 14.6 Å². The number of pyridine rings is 1. The van der Waals surface area contributed by atoms with Gasteiger partial charge in [-0.3, -0.25) is 4.79 Å². The van der Waals surface area contributed by atoms with E-state index in [2.05, 4.69) is 12.2 Å². The van der Waals surface area contributed by atoms with E-state index in [1.54, 1.807) is 13.8 Å². The van der Waals surface area contributed by atoms with Crippen molar-refractivity contribution in [3.05, 3.63) is 16.4 Å². The van der Waals surface area contributed by atoms with Crippen molar-refractivity contribution in [3.63, 3.8) is 0 Å². The van der Waals surface area contributed by atoms with Gasteiger partial charge in [0.2, 0.25) is 5.65 Å². The second-order valence-corrected chi connectivity index (χ2v) is 9.49. The number of hydrogen-bond acceptors (Lipinski definition) is 5. The van der Waals surface area contributed by atoms with Crippen molar-refractivity contribution in [2.24, 2.45) is 0 Å². The lowest BCUT2D eigenvalue weighted by Gasteiger charge is -2.20. The first kappa shape index (κ1) is 25.4. The first-order valence-corrected chi connectivity index (χ1v) is 12.3. The van der Waals surface area contributed by atoms with Crippen LogP contribution in [0.3, 0.4) is 0 Å². The molecule has 2 rings (SSSR count). The van der Waals surface area contributed by atoms with Gasteiger partial charge >= 0.3 is 0 Å². The van der Waals surface area contributed by atoms with Gasteiger partial charge in [-0.25, -0.2) is 9.97 Å². The van der Waals surface area contributed by atoms with Crippen molar-refractivity contribution in [2.75, 3.05) is 18.1 Å². The number of carbonyl (C=O) groups is 1. The third-order valence-corrected chi connectivity index (χ3v) is 5.92. The first-order valence-electron chi connectivity index (χ1n) is 11.1. The van der Waals surface area contributed by atoms with Gasteiger partial charge < -0.3 is 19.7 Å². The van der Waals surface area contributed by atoms with Crippen LogP contribution in [0.5, 0.6) is 0 Å². The van der Waals surface area contributed by atoms with Crippen LogP contribution < -0.4 is 15.9 Å². The molecule has 0 aliphatic rings. The second kappa shape index (κ2) is 11.7. The normalized spacial score (nSPS) is 13.8. The Balaban J connectivity index is 2.62. The third-order valence-electron chi connectivity index (χ3n) is 4.87. The molecule has 172 valence electrons. The Hall–Kier alpha value is -1.82. The maximum atomic E-state index is 12.6. The molecule has 0 saturated heterocycles. The molecule has 1 amide bonds. The summed E-state index contributed by atoms with van der Waals surface area (Å²) >= 11 is 0. The minimum Gasteiger partial charge on any atom is -0.389 e. The molecule has 0 saturated carbocycles. The minimum absolute atomic E-state index is 0.0245. The van der Waals surface area contributed by atoms with Crippen LogP contribution in [0.1, 0.15) is 66.6 Å². The highest BCUT2D eigenvalue weighted by atomic mass is 31.1. The number of rotatable bonds is 11. The molecule has 0 bridgehead atoms. The Morgan fingerprint density at radius 3 is 2.55 bits per heavy atom. The van der Waals surface area contributed by atoms with Crippen molar-refractivity contribution in [1.82, 2.24) is 14.5 Å². The van der Waals surface area contributed by atoms with E-state index in [9.17, 15) is 9.90 Å². The Kier molecular flexibility index (Phi) is 9.60. The van der Waals surface area contributed by atoms with E-state index in [-0.39, 0.29) is 14.2 Å². The number of aliphatic hydroxyl groups is 1. The van der Waals surface area contributed by atoms with Crippen LogP contribution in [0.2, 0.25) is 0 Å². The topological polar surface area (TPSA) is 89.3 Å². The molecule has 1 atom stereocenters. The largest absolute Gasteiger partial charge is 0.389 e. The highest BCUT2D eigenvalue weighted by Crippen LogP contribution is 2.24. The average molecular weight is 449 g/mol. The molecule has 8 heteroatoms. The predicted octanol–water partition coefficient (Wildman–Crippen LogP) is 3.74. The molecule has 2 N–H and O–H groups in total. The molecule has 2 heterocycles. The molecule has 2 aromatic rings. The highest BCUT2D eigenvalue weighted by Gasteiger charge is 2.23. The molecule has 31 heavy (non-hydrogen) atoms. The molecule has 0 fully saturated rings. The van der Waals surface area contributed by atoms with Crippen LogP contribution >= 0.6 is 8.58 Å². The molecule has 0 aliphatic heterocycles. The number of unbranched alkanes of at least 4 members (excludes halogenated alkanes) is 2. The number of ether oxygens (including phenoxy) is 1. The molecule has 2 aromatic heterocycles. The van der Waals surface area contributed by atoms with Crippen LogP contribution in [0.4, 0.5) is 10.6 Å². The summed E-state index contributed by atoms with van der Waals surface area (Å²) in [5.74, 6) is 1.17. The summed E-state index contributed by atoms with van der Waals surface area (Å²) in [5.41, 5.74) is 0.517. The van der Waals surface area contributed by atoms with E-state index in [0.29, 0.717) is 36.9 Å². The fourth-order valence-electron chi connectivity index (χ4n) is 3.47. The predicted molar refractivity (Wildman–Crippen MR) is 130 cm³/mol. The van der Waals surface area contributed by atoms with Crippen molar-refractivity contribution >= 4 is 43.2 Å². The standard InChI is InChI=1S/C23H37N4O3P/c1-7-11-12-13-31-22(28)26-21-19-20(16(8-2)17(9-3)24-21)27(15-23(5,6)29)18(25-19)14-30-10-4/h8-9,29,31H,7,10-15H2,1-6H3,(H,24,26,28). The Bertz CT molecular complexity index is 1010.